The summed E-state index contributed by atoms with van der Waals surface area (Å²) >= 11 is 0. The minimum absolute atomic E-state index is 0.0684. The molecule has 0 amide bonds. The van der Waals surface area contributed by atoms with Gasteiger partial charge in [-0.15, -0.1) is 0 Å². The lowest BCUT2D eigenvalue weighted by Crippen LogP contribution is -2.19. The standard InChI is InChI=1S/C11H13NO3/c1-7-5-9-4-3-8(2)15-11(9)10(6-7)12(13)14/h5-6,8H,3-4H2,1-2H3. The lowest BCUT2D eigenvalue weighted by molar-refractivity contribution is -0.386. The summed E-state index contributed by atoms with van der Waals surface area (Å²) in [6.07, 6.45) is 1.85. The Kier molecular flexibility index (Phi) is 2.34. The van der Waals surface area contributed by atoms with Gasteiger partial charge in [0.15, 0.2) is 0 Å². The summed E-state index contributed by atoms with van der Waals surface area (Å²) in [5.41, 5.74) is 1.97. The molecule has 4 heteroatoms. The first kappa shape index (κ1) is 9.96. The molecule has 1 aliphatic heterocycles. The number of hydrogen-bond acceptors (Lipinski definition) is 3. The molecule has 1 aliphatic rings. The van der Waals surface area contributed by atoms with E-state index in [9.17, 15) is 10.1 Å². The molecule has 0 N–H and O–H groups in total. The molecular weight excluding hydrogens is 194 g/mol. The normalized spacial score (nSPS) is 19.2. The van der Waals surface area contributed by atoms with Gasteiger partial charge in [0.2, 0.25) is 5.75 Å². The molecule has 1 heterocycles. The van der Waals surface area contributed by atoms with Crippen molar-refractivity contribution in [2.24, 2.45) is 0 Å². The molecule has 80 valence electrons. The van der Waals surface area contributed by atoms with Gasteiger partial charge in [0.25, 0.3) is 0 Å². The predicted octanol–water partition coefficient (Wildman–Crippen LogP) is 2.62. The molecule has 1 atom stereocenters. The van der Waals surface area contributed by atoms with E-state index in [0.717, 1.165) is 24.0 Å². The third-order valence-electron chi connectivity index (χ3n) is 2.63. The second kappa shape index (κ2) is 3.53. The number of benzene rings is 1. The van der Waals surface area contributed by atoms with Crippen LogP contribution in [0.1, 0.15) is 24.5 Å². The number of hydrogen-bond donors (Lipinski definition) is 0. The number of rotatable bonds is 1. The maximum absolute atomic E-state index is 10.9. The van der Waals surface area contributed by atoms with E-state index in [4.69, 9.17) is 4.74 Å². The first-order chi connectivity index (χ1) is 7.08. The highest BCUT2D eigenvalue weighted by molar-refractivity contribution is 5.55. The molecule has 1 unspecified atom stereocenters. The quantitative estimate of drug-likeness (QED) is 0.525. The van der Waals surface area contributed by atoms with Crippen LogP contribution in [-0.2, 0) is 6.42 Å². The number of nitro benzene ring substituents is 1. The van der Waals surface area contributed by atoms with E-state index in [2.05, 4.69) is 0 Å². The van der Waals surface area contributed by atoms with Crippen LogP contribution >= 0.6 is 0 Å². The second-order valence-corrected chi connectivity index (χ2v) is 4.00. The van der Waals surface area contributed by atoms with Crippen LogP contribution in [0, 0.1) is 17.0 Å². The average molecular weight is 207 g/mol. The first-order valence-corrected chi connectivity index (χ1v) is 5.02. The maximum atomic E-state index is 10.9. The molecule has 0 radical (unpaired) electrons. The Morgan fingerprint density at radius 3 is 2.93 bits per heavy atom. The monoisotopic (exact) mass is 207 g/mol. The Morgan fingerprint density at radius 2 is 2.27 bits per heavy atom. The van der Waals surface area contributed by atoms with Crippen LogP contribution in [0.5, 0.6) is 5.75 Å². The zero-order valence-electron chi connectivity index (χ0n) is 8.82. The van der Waals surface area contributed by atoms with Gasteiger partial charge in [0.1, 0.15) is 0 Å². The minimum Gasteiger partial charge on any atom is -0.484 e. The molecule has 0 spiro atoms. The molecule has 1 aromatic rings. The summed E-state index contributed by atoms with van der Waals surface area (Å²) in [5, 5.41) is 10.9. The summed E-state index contributed by atoms with van der Waals surface area (Å²) < 4.78 is 5.54. The van der Waals surface area contributed by atoms with E-state index in [-0.39, 0.29) is 16.7 Å². The Balaban J connectivity index is 2.55. The fraction of sp³-hybridized carbons (Fsp3) is 0.455. The molecule has 0 saturated carbocycles. The molecule has 4 nitrogen and oxygen atoms in total. The van der Waals surface area contributed by atoms with Gasteiger partial charge in [-0.3, -0.25) is 10.1 Å². The van der Waals surface area contributed by atoms with Gasteiger partial charge in [-0.05, 0) is 32.3 Å². The van der Waals surface area contributed by atoms with E-state index in [1.807, 2.05) is 19.9 Å². The van der Waals surface area contributed by atoms with Crippen LogP contribution < -0.4 is 4.74 Å². The smallest absolute Gasteiger partial charge is 0.311 e. The highest BCUT2D eigenvalue weighted by Gasteiger charge is 2.25. The highest BCUT2D eigenvalue weighted by atomic mass is 16.6. The summed E-state index contributed by atoms with van der Waals surface area (Å²) in [6.45, 7) is 3.80. The van der Waals surface area contributed by atoms with Crippen molar-refractivity contribution in [2.75, 3.05) is 0 Å². The minimum atomic E-state index is -0.371. The third-order valence-corrected chi connectivity index (χ3v) is 2.63. The fourth-order valence-corrected chi connectivity index (χ4v) is 1.90. The molecule has 2 rings (SSSR count). The zero-order valence-corrected chi connectivity index (χ0v) is 8.82. The van der Waals surface area contributed by atoms with Crippen molar-refractivity contribution >= 4 is 5.69 Å². The number of fused-ring (bicyclic) bond motifs is 1. The van der Waals surface area contributed by atoms with Crippen LogP contribution in [0.4, 0.5) is 5.69 Å². The van der Waals surface area contributed by atoms with E-state index in [1.54, 1.807) is 6.07 Å². The molecule has 0 saturated heterocycles. The van der Waals surface area contributed by atoms with Crippen molar-refractivity contribution in [1.29, 1.82) is 0 Å². The maximum Gasteiger partial charge on any atom is 0.311 e. The van der Waals surface area contributed by atoms with Crippen LogP contribution in [0.15, 0.2) is 12.1 Å². The Bertz CT molecular complexity index is 415. The summed E-state index contributed by atoms with van der Waals surface area (Å²) in [7, 11) is 0. The van der Waals surface area contributed by atoms with Gasteiger partial charge in [0, 0.05) is 11.6 Å². The predicted molar refractivity (Wildman–Crippen MR) is 56.2 cm³/mol. The first-order valence-electron chi connectivity index (χ1n) is 5.02. The van der Waals surface area contributed by atoms with E-state index >= 15 is 0 Å². The van der Waals surface area contributed by atoms with Gasteiger partial charge in [-0.25, -0.2) is 0 Å². The van der Waals surface area contributed by atoms with Crippen LogP contribution in [0.2, 0.25) is 0 Å². The van der Waals surface area contributed by atoms with Gasteiger partial charge in [-0.2, -0.15) is 0 Å². The summed E-state index contributed by atoms with van der Waals surface area (Å²) in [5.74, 6) is 0.462. The lowest BCUT2D eigenvalue weighted by atomic mass is 10.00. The molecule has 1 aromatic carbocycles. The summed E-state index contributed by atoms with van der Waals surface area (Å²) in [6, 6.07) is 3.53. The Hall–Kier alpha value is -1.58. The number of ether oxygens (including phenoxy) is 1. The van der Waals surface area contributed by atoms with Gasteiger partial charge in [-0.1, -0.05) is 6.07 Å². The van der Waals surface area contributed by atoms with Gasteiger partial charge < -0.3 is 4.74 Å². The van der Waals surface area contributed by atoms with Crippen molar-refractivity contribution < 1.29 is 9.66 Å². The van der Waals surface area contributed by atoms with Crippen molar-refractivity contribution in [3.63, 3.8) is 0 Å². The topological polar surface area (TPSA) is 52.4 Å². The number of aryl methyl sites for hydroxylation is 2. The van der Waals surface area contributed by atoms with Gasteiger partial charge >= 0.3 is 5.69 Å². The summed E-state index contributed by atoms with van der Waals surface area (Å²) in [4.78, 5) is 10.5. The van der Waals surface area contributed by atoms with E-state index < -0.39 is 0 Å². The van der Waals surface area contributed by atoms with Crippen molar-refractivity contribution in [3.8, 4) is 5.75 Å². The zero-order chi connectivity index (χ0) is 11.0. The Morgan fingerprint density at radius 1 is 1.53 bits per heavy atom. The van der Waals surface area contributed by atoms with Crippen LogP contribution in [0.3, 0.4) is 0 Å². The van der Waals surface area contributed by atoms with Crippen molar-refractivity contribution in [1.82, 2.24) is 0 Å². The highest BCUT2D eigenvalue weighted by Crippen LogP contribution is 2.37. The lowest BCUT2D eigenvalue weighted by Gasteiger charge is -2.23. The molecule has 0 aliphatic carbocycles. The van der Waals surface area contributed by atoms with E-state index in [0.29, 0.717) is 5.75 Å². The Labute approximate surface area is 88.0 Å². The number of nitrogens with zero attached hydrogens (tertiary/aromatic N) is 1. The van der Waals surface area contributed by atoms with Crippen LogP contribution in [-0.4, -0.2) is 11.0 Å². The second-order valence-electron chi connectivity index (χ2n) is 4.00. The average Bonchev–Trinajstić information content (AvgIpc) is 2.17. The molecule has 0 fully saturated rings. The molecular formula is C11H13NO3. The van der Waals surface area contributed by atoms with Crippen molar-refractivity contribution in [2.45, 2.75) is 32.8 Å². The van der Waals surface area contributed by atoms with Crippen LogP contribution in [0.25, 0.3) is 0 Å². The molecule has 0 aromatic heterocycles. The molecule has 15 heavy (non-hydrogen) atoms. The largest absolute Gasteiger partial charge is 0.484 e. The number of nitro groups is 1. The SMILES string of the molecule is Cc1cc2c(c([N+](=O)[O-])c1)OC(C)CC2. The van der Waals surface area contributed by atoms with Crippen molar-refractivity contribution in [3.05, 3.63) is 33.4 Å². The van der Waals surface area contributed by atoms with E-state index in [1.165, 1.54) is 0 Å². The molecule has 0 bridgehead atoms. The third kappa shape index (κ3) is 1.79. The fourth-order valence-electron chi connectivity index (χ4n) is 1.90. The van der Waals surface area contributed by atoms with Gasteiger partial charge in [0.05, 0.1) is 11.0 Å².